The predicted octanol–water partition coefficient (Wildman–Crippen LogP) is -0.0375. The maximum Gasteiger partial charge on any atom is 0.404 e. The lowest BCUT2D eigenvalue weighted by atomic mass is 10.0. The molecule has 0 saturated carbocycles. The van der Waals surface area contributed by atoms with E-state index in [-0.39, 0.29) is 29.2 Å². The average molecular weight is 439 g/mol. The molecule has 3 rings (SSSR count). The highest BCUT2D eigenvalue weighted by atomic mass is 32.2. The molecule has 154 valence electrons. The third-order valence-electron chi connectivity index (χ3n) is 4.26. The summed E-state index contributed by atoms with van der Waals surface area (Å²) >= 11 is 2.43. The number of carboxylic acids is 1. The van der Waals surface area contributed by atoms with Gasteiger partial charge in [0, 0.05) is 16.7 Å². The number of hydrogen-bond acceptors (Lipinski definition) is 9. The summed E-state index contributed by atoms with van der Waals surface area (Å²) in [6, 6.07) is -0.897. The highest BCUT2D eigenvalue weighted by Crippen LogP contribution is 2.40. The van der Waals surface area contributed by atoms with E-state index in [1.165, 1.54) is 23.1 Å². The highest BCUT2D eigenvalue weighted by Gasteiger charge is 2.54. The number of thioether (sulfide) groups is 1. The summed E-state index contributed by atoms with van der Waals surface area (Å²) in [6.07, 6.45) is 0.511. The number of aromatic nitrogens is 1. The number of β-lactam (4-membered cyclic amide) rings is 1. The minimum atomic E-state index is -1.33. The van der Waals surface area contributed by atoms with E-state index in [1.807, 2.05) is 0 Å². The number of carbonyl (C=O) groups is 4. The van der Waals surface area contributed by atoms with Crippen LogP contribution in [0.3, 0.4) is 0 Å². The van der Waals surface area contributed by atoms with Gasteiger partial charge in [0.1, 0.15) is 23.7 Å². The molecule has 0 radical (unpaired) electrons. The Hall–Kier alpha value is -3.06. The van der Waals surface area contributed by atoms with E-state index < -0.39 is 35.3 Å². The van der Waals surface area contributed by atoms with E-state index in [9.17, 15) is 24.3 Å². The molecule has 2 atom stereocenters. The molecule has 3 heterocycles. The van der Waals surface area contributed by atoms with Gasteiger partial charge in [0.15, 0.2) is 5.13 Å². The van der Waals surface area contributed by atoms with Gasteiger partial charge in [-0.25, -0.2) is 14.6 Å². The molecule has 1 fully saturated rings. The number of rotatable bonds is 6. The molecule has 1 aromatic heterocycles. The molecule has 3 amide bonds. The van der Waals surface area contributed by atoms with Crippen molar-refractivity contribution in [2.24, 2.45) is 5.73 Å². The lowest BCUT2D eigenvalue weighted by Crippen LogP contribution is -2.70. The van der Waals surface area contributed by atoms with Gasteiger partial charge in [0.25, 0.3) is 11.8 Å². The zero-order valence-electron chi connectivity index (χ0n) is 15.1. The van der Waals surface area contributed by atoms with Crippen LogP contribution in [0.5, 0.6) is 0 Å². The van der Waals surface area contributed by atoms with Gasteiger partial charge in [-0.3, -0.25) is 14.5 Å². The number of aliphatic carboxylic acids is 1. The van der Waals surface area contributed by atoms with Crippen molar-refractivity contribution in [2.75, 3.05) is 18.1 Å². The number of fused-ring (bicyclic) bond motifs is 1. The summed E-state index contributed by atoms with van der Waals surface area (Å²) in [7, 11) is 0. The second-order valence-corrected chi connectivity index (χ2v) is 7.99. The molecule has 29 heavy (non-hydrogen) atoms. The first-order valence-electron chi connectivity index (χ1n) is 8.25. The average Bonchev–Trinajstić information content (AvgIpc) is 3.09. The molecular weight excluding hydrogens is 422 g/mol. The molecule has 0 aliphatic carbocycles. The summed E-state index contributed by atoms with van der Waals surface area (Å²) < 4.78 is 4.67. The SMILES string of the molecule is C/C=C(\C(=O)N[C@@H]1C(=O)N2C(C(=O)O)=C(COC(N)=O)CS[C@H]12)c1csc(N)n1. The fourth-order valence-corrected chi connectivity index (χ4v) is 4.87. The Kier molecular flexibility index (Phi) is 5.79. The van der Waals surface area contributed by atoms with Crippen LogP contribution < -0.4 is 16.8 Å². The second-order valence-electron chi connectivity index (χ2n) is 6.00. The van der Waals surface area contributed by atoms with Gasteiger partial charge in [-0.15, -0.1) is 23.1 Å². The quantitative estimate of drug-likeness (QED) is 0.350. The fraction of sp³-hybridized carbons (Fsp3) is 0.312. The van der Waals surface area contributed by atoms with Crippen LogP contribution in [-0.2, 0) is 19.1 Å². The number of carbonyl (C=O) groups excluding carboxylic acids is 3. The largest absolute Gasteiger partial charge is 0.477 e. The predicted molar refractivity (Wildman–Crippen MR) is 105 cm³/mol. The molecule has 2 aliphatic heterocycles. The van der Waals surface area contributed by atoms with Crippen molar-refractivity contribution in [3.8, 4) is 0 Å². The molecule has 0 spiro atoms. The number of carboxylic acid groups (broad SMARTS) is 1. The van der Waals surface area contributed by atoms with Crippen molar-refractivity contribution in [1.82, 2.24) is 15.2 Å². The monoisotopic (exact) mass is 439 g/mol. The Balaban J connectivity index is 1.76. The van der Waals surface area contributed by atoms with E-state index >= 15 is 0 Å². The van der Waals surface area contributed by atoms with Gasteiger partial charge in [-0.2, -0.15) is 0 Å². The summed E-state index contributed by atoms with van der Waals surface area (Å²) in [5, 5.41) is 13.5. The first-order valence-corrected chi connectivity index (χ1v) is 10.2. The summed E-state index contributed by atoms with van der Waals surface area (Å²) in [4.78, 5) is 52.8. The Labute approximate surface area is 172 Å². The Bertz CT molecular complexity index is 955. The van der Waals surface area contributed by atoms with Crippen LogP contribution in [-0.4, -0.2) is 62.6 Å². The van der Waals surface area contributed by atoms with Crippen molar-refractivity contribution >= 4 is 57.7 Å². The van der Waals surface area contributed by atoms with Gasteiger partial charge >= 0.3 is 12.1 Å². The van der Waals surface area contributed by atoms with E-state index in [0.29, 0.717) is 10.8 Å². The molecule has 1 aromatic rings. The highest BCUT2D eigenvalue weighted by molar-refractivity contribution is 8.00. The Morgan fingerprint density at radius 2 is 2.21 bits per heavy atom. The number of nitrogen functional groups attached to an aromatic ring is 1. The Morgan fingerprint density at radius 1 is 1.48 bits per heavy atom. The van der Waals surface area contributed by atoms with E-state index in [4.69, 9.17) is 11.5 Å². The van der Waals surface area contributed by atoms with Crippen LogP contribution in [0.4, 0.5) is 9.93 Å². The smallest absolute Gasteiger partial charge is 0.404 e. The standard InChI is InChI=1S/C16H17N5O6S2/c1-2-7(8-5-29-15(17)19-8)11(22)20-9-12(23)21-10(14(24)25)6(3-27-16(18)26)4-28-13(9)21/h2,5,9,13H,3-4H2,1H3,(H2,17,19)(H2,18,26)(H,20,22)(H,24,25)/b7-2-/t9-,13-/m1/s1. The van der Waals surface area contributed by atoms with Crippen LogP contribution in [0.2, 0.25) is 0 Å². The first kappa shape index (κ1) is 20.7. The van der Waals surface area contributed by atoms with Gasteiger partial charge in [0.2, 0.25) is 0 Å². The van der Waals surface area contributed by atoms with Crippen molar-refractivity contribution in [2.45, 2.75) is 18.3 Å². The van der Waals surface area contributed by atoms with E-state index in [0.717, 1.165) is 4.90 Å². The van der Waals surface area contributed by atoms with E-state index in [2.05, 4.69) is 15.0 Å². The fourth-order valence-electron chi connectivity index (χ4n) is 2.98. The van der Waals surface area contributed by atoms with Crippen LogP contribution in [0.25, 0.3) is 5.57 Å². The van der Waals surface area contributed by atoms with Crippen molar-refractivity contribution in [3.05, 3.63) is 28.4 Å². The molecule has 0 bridgehead atoms. The molecule has 1 saturated heterocycles. The molecule has 6 N–H and O–H groups in total. The van der Waals surface area contributed by atoms with Crippen LogP contribution >= 0.6 is 23.1 Å². The van der Waals surface area contributed by atoms with Gasteiger partial charge in [-0.05, 0) is 6.92 Å². The number of amides is 3. The summed E-state index contributed by atoms with van der Waals surface area (Å²) in [6.45, 7) is 1.33. The molecule has 11 nitrogen and oxygen atoms in total. The lowest BCUT2D eigenvalue weighted by Gasteiger charge is -2.49. The van der Waals surface area contributed by atoms with Gasteiger partial charge < -0.3 is 26.6 Å². The molecule has 0 unspecified atom stereocenters. The topological polar surface area (TPSA) is 178 Å². The number of nitrogens with zero attached hydrogens (tertiary/aromatic N) is 2. The van der Waals surface area contributed by atoms with Crippen molar-refractivity contribution in [1.29, 1.82) is 0 Å². The summed E-state index contributed by atoms with van der Waals surface area (Å²) in [5.74, 6) is -2.21. The zero-order valence-corrected chi connectivity index (χ0v) is 16.7. The van der Waals surface area contributed by atoms with Crippen molar-refractivity contribution < 1.29 is 29.0 Å². The van der Waals surface area contributed by atoms with E-state index in [1.54, 1.807) is 18.4 Å². The molecule has 13 heteroatoms. The number of nitrogens with two attached hydrogens (primary N) is 2. The van der Waals surface area contributed by atoms with Crippen LogP contribution in [0.1, 0.15) is 12.6 Å². The number of thiazole rings is 1. The second kappa shape index (κ2) is 8.13. The molecule has 0 aromatic carbocycles. The maximum atomic E-state index is 12.6. The lowest BCUT2D eigenvalue weighted by molar-refractivity contribution is -0.150. The van der Waals surface area contributed by atoms with Crippen molar-refractivity contribution in [3.63, 3.8) is 0 Å². The maximum absolute atomic E-state index is 12.6. The van der Waals surface area contributed by atoms with Gasteiger partial charge in [0.05, 0.1) is 11.3 Å². The third-order valence-corrected chi connectivity index (χ3v) is 6.27. The number of hydrogen-bond donors (Lipinski definition) is 4. The zero-order chi connectivity index (χ0) is 21.3. The number of ether oxygens (including phenoxy) is 1. The molecule has 2 aliphatic rings. The van der Waals surface area contributed by atoms with Gasteiger partial charge in [-0.1, -0.05) is 6.08 Å². The Morgan fingerprint density at radius 3 is 2.76 bits per heavy atom. The first-order chi connectivity index (χ1) is 13.7. The normalized spacial score (nSPS) is 21.3. The van der Waals surface area contributed by atoms with Crippen LogP contribution in [0.15, 0.2) is 22.7 Å². The van der Waals surface area contributed by atoms with Crippen LogP contribution in [0, 0.1) is 0 Å². The minimum Gasteiger partial charge on any atom is -0.477 e. The third kappa shape index (κ3) is 3.91. The number of anilines is 1. The number of allylic oxidation sites excluding steroid dienone is 1. The minimum absolute atomic E-state index is 0.203. The molecular formula is C16H17N5O6S2. The number of nitrogens with one attached hydrogen (secondary N) is 1. The summed E-state index contributed by atoms with van der Waals surface area (Å²) in [5.41, 5.74) is 11.2. The number of primary amides is 1.